The molecule has 16 heavy (non-hydrogen) atoms. The zero-order valence-corrected chi connectivity index (χ0v) is 9.97. The van der Waals surface area contributed by atoms with E-state index in [4.69, 9.17) is 9.47 Å². The molecule has 0 aromatic heterocycles. The second kappa shape index (κ2) is 5.80. The molecule has 4 unspecified atom stereocenters. The molecule has 0 radical (unpaired) electrons. The molecule has 0 aromatic rings. The van der Waals surface area contributed by atoms with Crippen LogP contribution in [0.25, 0.3) is 0 Å². The summed E-state index contributed by atoms with van der Waals surface area (Å²) in [6.07, 6.45) is 9.19. The van der Waals surface area contributed by atoms with Gasteiger partial charge in [-0.1, -0.05) is 31.9 Å². The predicted octanol–water partition coefficient (Wildman–Crippen LogP) is 1.90. The summed E-state index contributed by atoms with van der Waals surface area (Å²) in [5.74, 6) is 0.491. The maximum absolute atomic E-state index is 9.19. The van der Waals surface area contributed by atoms with Gasteiger partial charge in [-0.05, 0) is 12.8 Å². The molecule has 0 spiro atoms. The Morgan fingerprint density at radius 3 is 2.94 bits per heavy atom. The van der Waals surface area contributed by atoms with E-state index < -0.39 is 0 Å². The number of unbranched alkanes of at least 4 members (excludes halogenated alkanes) is 1. The zero-order chi connectivity index (χ0) is 11.4. The molecule has 1 saturated heterocycles. The van der Waals surface area contributed by atoms with Crippen LogP contribution >= 0.6 is 0 Å². The van der Waals surface area contributed by atoms with Gasteiger partial charge in [0, 0.05) is 5.92 Å². The molecule has 2 heterocycles. The van der Waals surface area contributed by atoms with Crippen molar-refractivity contribution >= 4 is 0 Å². The maximum atomic E-state index is 9.19. The number of hydrogen-bond donors (Lipinski definition) is 1. The van der Waals surface area contributed by atoms with Crippen LogP contribution in [0.2, 0.25) is 0 Å². The number of hydrogen-bond acceptors (Lipinski definition) is 3. The quantitative estimate of drug-likeness (QED) is 0.674. The molecule has 0 amide bonds. The van der Waals surface area contributed by atoms with Crippen molar-refractivity contribution < 1.29 is 14.6 Å². The lowest BCUT2D eigenvalue weighted by Gasteiger charge is -2.20. The SMILES string of the molecule is CCCCC(CO)OCC1CC2C=CC1O2. The molecule has 2 aliphatic heterocycles. The van der Waals surface area contributed by atoms with Crippen molar-refractivity contribution in [3.8, 4) is 0 Å². The van der Waals surface area contributed by atoms with Crippen LogP contribution in [-0.4, -0.2) is 36.6 Å². The van der Waals surface area contributed by atoms with Gasteiger partial charge in [-0.25, -0.2) is 0 Å². The lowest BCUT2D eigenvalue weighted by Crippen LogP contribution is -2.25. The van der Waals surface area contributed by atoms with Crippen molar-refractivity contribution in [1.29, 1.82) is 0 Å². The van der Waals surface area contributed by atoms with Crippen LogP contribution in [0.5, 0.6) is 0 Å². The minimum absolute atomic E-state index is 0.0167. The zero-order valence-electron chi connectivity index (χ0n) is 9.97. The summed E-state index contributed by atoms with van der Waals surface area (Å²) in [5, 5.41) is 9.19. The third-order valence-corrected chi connectivity index (χ3v) is 3.48. The highest BCUT2D eigenvalue weighted by Crippen LogP contribution is 2.33. The van der Waals surface area contributed by atoms with Crippen LogP contribution in [0.15, 0.2) is 12.2 Å². The smallest absolute Gasteiger partial charge is 0.0816 e. The van der Waals surface area contributed by atoms with Gasteiger partial charge in [0.25, 0.3) is 0 Å². The third-order valence-electron chi connectivity index (χ3n) is 3.48. The van der Waals surface area contributed by atoms with E-state index >= 15 is 0 Å². The van der Waals surface area contributed by atoms with Gasteiger partial charge in [0.05, 0.1) is 31.5 Å². The fourth-order valence-corrected chi connectivity index (χ4v) is 2.44. The fraction of sp³-hybridized carbons (Fsp3) is 0.846. The van der Waals surface area contributed by atoms with Crippen LogP contribution < -0.4 is 0 Å². The first kappa shape index (κ1) is 12.1. The Morgan fingerprint density at radius 1 is 1.50 bits per heavy atom. The average molecular weight is 226 g/mol. The van der Waals surface area contributed by atoms with E-state index in [0.717, 1.165) is 32.3 Å². The van der Waals surface area contributed by atoms with Gasteiger partial charge in [-0.3, -0.25) is 0 Å². The van der Waals surface area contributed by atoms with E-state index in [9.17, 15) is 5.11 Å². The summed E-state index contributed by atoms with van der Waals surface area (Å²) < 4.78 is 11.4. The van der Waals surface area contributed by atoms with Crippen molar-refractivity contribution in [3.63, 3.8) is 0 Å². The van der Waals surface area contributed by atoms with Crippen molar-refractivity contribution in [1.82, 2.24) is 0 Å². The first-order chi connectivity index (χ1) is 7.83. The van der Waals surface area contributed by atoms with Crippen molar-refractivity contribution in [2.24, 2.45) is 5.92 Å². The van der Waals surface area contributed by atoms with E-state index in [1.165, 1.54) is 0 Å². The molecule has 2 aliphatic rings. The predicted molar refractivity (Wildman–Crippen MR) is 62.3 cm³/mol. The molecule has 2 rings (SSSR count). The van der Waals surface area contributed by atoms with Gasteiger partial charge >= 0.3 is 0 Å². The Labute approximate surface area is 97.4 Å². The second-order valence-corrected chi connectivity index (χ2v) is 4.80. The highest BCUT2D eigenvalue weighted by Gasteiger charge is 2.36. The molecule has 4 atom stereocenters. The highest BCUT2D eigenvalue weighted by atomic mass is 16.5. The summed E-state index contributed by atoms with van der Waals surface area (Å²) in [4.78, 5) is 0. The van der Waals surface area contributed by atoms with E-state index in [2.05, 4.69) is 19.1 Å². The molecule has 2 bridgehead atoms. The fourth-order valence-electron chi connectivity index (χ4n) is 2.44. The minimum Gasteiger partial charge on any atom is -0.394 e. The molecule has 0 aliphatic carbocycles. The van der Waals surface area contributed by atoms with Crippen LogP contribution in [-0.2, 0) is 9.47 Å². The second-order valence-electron chi connectivity index (χ2n) is 4.80. The Bertz CT molecular complexity index is 239. The van der Waals surface area contributed by atoms with Crippen molar-refractivity contribution in [3.05, 3.63) is 12.2 Å². The van der Waals surface area contributed by atoms with Gasteiger partial charge in [0.2, 0.25) is 0 Å². The molecule has 1 N–H and O–H groups in total. The summed E-state index contributed by atoms with van der Waals surface area (Å²) >= 11 is 0. The minimum atomic E-state index is 0.0167. The molecule has 1 fully saturated rings. The van der Waals surface area contributed by atoms with E-state index in [1.807, 2.05) is 0 Å². The van der Waals surface area contributed by atoms with Gasteiger partial charge in [0.1, 0.15) is 0 Å². The van der Waals surface area contributed by atoms with Crippen LogP contribution in [0.1, 0.15) is 32.6 Å². The van der Waals surface area contributed by atoms with Crippen LogP contribution in [0.4, 0.5) is 0 Å². The molecule has 0 saturated carbocycles. The first-order valence-electron chi connectivity index (χ1n) is 6.39. The molecule has 3 heteroatoms. The lowest BCUT2D eigenvalue weighted by atomic mass is 9.95. The highest BCUT2D eigenvalue weighted by molar-refractivity contribution is 5.10. The Morgan fingerprint density at radius 2 is 2.38 bits per heavy atom. The molecule has 92 valence electrons. The first-order valence-corrected chi connectivity index (χ1v) is 6.39. The van der Waals surface area contributed by atoms with Gasteiger partial charge < -0.3 is 14.6 Å². The van der Waals surface area contributed by atoms with Crippen molar-refractivity contribution in [2.75, 3.05) is 13.2 Å². The number of fused-ring (bicyclic) bond motifs is 2. The largest absolute Gasteiger partial charge is 0.394 e. The number of aliphatic hydroxyl groups is 1. The molecular weight excluding hydrogens is 204 g/mol. The molecular formula is C13H22O3. The Balaban J connectivity index is 1.68. The van der Waals surface area contributed by atoms with E-state index in [-0.39, 0.29) is 18.8 Å². The molecule has 0 aromatic carbocycles. The Hall–Kier alpha value is -0.380. The monoisotopic (exact) mass is 226 g/mol. The van der Waals surface area contributed by atoms with E-state index in [0.29, 0.717) is 12.0 Å². The summed E-state index contributed by atoms with van der Waals surface area (Å²) in [5.41, 5.74) is 0. The number of ether oxygens (including phenoxy) is 2. The summed E-state index contributed by atoms with van der Waals surface area (Å²) in [6, 6.07) is 0. The van der Waals surface area contributed by atoms with Crippen LogP contribution in [0.3, 0.4) is 0 Å². The topological polar surface area (TPSA) is 38.7 Å². The summed E-state index contributed by atoms with van der Waals surface area (Å²) in [7, 11) is 0. The maximum Gasteiger partial charge on any atom is 0.0816 e. The lowest BCUT2D eigenvalue weighted by molar-refractivity contribution is -0.0178. The number of rotatable bonds is 7. The Kier molecular flexibility index (Phi) is 4.38. The number of aliphatic hydroxyl groups excluding tert-OH is 1. The van der Waals surface area contributed by atoms with Crippen molar-refractivity contribution in [2.45, 2.75) is 50.9 Å². The molecule has 3 nitrogen and oxygen atoms in total. The normalized spacial score (nSPS) is 33.5. The standard InChI is InChI=1S/C13H22O3/c1-2-3-4-12(8-14)15-9-10-7-11-5-6-13(10)16-11/h5-6,10-14H,2-4,7-9H2,1H3. The van der Waals surface area contributed by atoms with Crippen LogP contribution in [0, 0.1) is 5.92 Å². The van der Waals surface area contributed by atoms with Gasteiger partial charge in [-0.2, -0.15) is 0 Å². The summed E-state index contributed by atoms with van der Waals surface area (Å²) in [6.45, 7) is 3.01. The van der Waals surface area contributed by atoms with E-state index in [1.54, 1.807) is 0 Å². The third kappa shape index (κ3) is 2.84. The average Bonchev–Trinajstić information content (AvgIpc) is 2.91. The van der Waals surface area contributed by atoms with Gasteiger partial charge in [-0.15, -0.1) is 0 Å². The van der Waals surface area contributed by atoms with Gasteiger partial charge in [0.15, 0.2) is 0 Å².